The van der Waals surface area contributed by atoms with Crippen molar-refractivity contribution >= 4 is 11.8 Å². The number of carbonyl (C=O) groups excluding carboxylic acids is 2. The third-order valence-electron chi connectivity index (χ3n) is 7.90. The molecule has 6 rings (SSSR count). The summed E-state index contributed by atoms with van der Waals surface area (Å²) in [6.07, 6.45) is 7.95. The molecule has 0 N–H and O–H groups in total. The Morgan fingerprint density at radius 2 is 1.88 bits per heavy atom. The summed E-state index contributed by atoms with van der Waals surface area (Å²) >= 11 is 0. The normalized spacial score (nSPS) is 17.0. The van der Waals surface area contributed by atoms with Gasteiger partial charge in [0.15, 0.2) is 12.3 Å². The van der Waals surface area contributed by atoms with E-state index in [9.17, 15) is 9.59 Å². The van der Waals surface area contributed by atoms with Crippen molar-refractivity contribution in [2.45, 2.75) is 51.3 Å². The molecule has 206 valence electrons. The zero-order chi connectivity index (χ0) is 27.5. The topological polar surface area (TPSA) is 89.0 Å². The number of benzene rings is 2. The molecule has 0 radical (unpaired) electrons. The highest BCUT2D eigenvalue weighted by Crippen LogP contribution is 2.39. The van der Waals surface area contributed by atoms with E-state index in [0.29, 0.717) is 30.5 Å². The highest BCUT2D eigenvalue weighted by molar-refractivity contribution is 5.91. The third-order valence-corrected chi connectivity index (χ3v) is 7.90. The lowest BCUT2D eigenvalue weighted by Gasteiger charge is -2.39. The largest absolute Gasteiger partial charge is 0.484 e. The van der Waals surface area contributed by atoms with Gasteiger partial charge in [0.25, 0.3) is 5.91 Å². The van der Waals surface area contributed by atoms with E-state index in [1.165, 1.54) is 16.7 Å². The Hall–Kier alpha value is -4.33. The number of ether oxygens (including phenoxy) is 1. The molecule has 8 nitrogen and oxygen atoms in total. The zero-order valence-corrected chi connectivity index (χ0v) is 22.6. The second kappa shape index (κ2) is 11.4. The van der Waals surface area contributed by atoms with Crippen molar-refractivity contribution in [3.05, 3.63) is 107 Å². The SMILES string of the molecule is CN(Cc1ccco1)C(=O)c1coc(COc2ccc3c(c2)C(c2ccccc2)N(C(=O)C2CCCC2)CC3)n1. The van der Waals surface area contributed by atoms with Crippen LogP contribution in [0.1, 0.15) is 70.6 Å². The van der Waals surface area contributed by atoms with Crippen molar-refractivity contribution < 1.29 is 23.2 Å². The van der Waals surface area contributed by atoms with Crippen LogP contribution in [-0.4, -0.2) is 40.2 Å². The van der Waals surface area contributed by atoms with Gasteiger partial charge in [-0.1, -0.05) is 49.2 Å². The van der Waals surface area contributed by atoms with Crippen molar-refractivity contribution in [2.24, 2.45) is 5.92 Å². The van der Waals surface area contributed by atoms with Gasteiger partial charge in [-0.15, -0.1) is 0 Å². The Bertz CT molecular complexity index is 1460. The maximum absolute atomic E-state index is 13.6. The van der Waals surface area contributed by atoms with Gasteiger partial charge in [-0.05, 0) is 60.2 Å². The summed E-state index contributed by atoms with van der Waals surface area (Å²) in [6, 6.07) is 19.8. The second-order valence-corrected chi connectivity index (χ2v) is 10.6. The van der Waals surface area contributed by atoms with Crippen molar-refractivity contribution in [3.8, 4) is 5.75 Å². The number of hydrogen-bond donors (Lipinski definition) is 0. The minimum Gasteiger partial charge on any atom is -0.484 e. The quantitative estimate of drug-likeness (QED) is 0.282. The summed E-state index contributed by atoms with van der Waals surface area (Å²) in [4.78, 5) is 34.3. The average molecular weight is 540 g/mol. The van der Waals surface area contributed by atoms with Gasteiger partial charge in [0.1, 0.15) is 17.8 Å². The Labute approximate surface area is 233 Å². The Morgan fingerprint density at radius 1 is 1.05 bits per heavy atom. The Balaban J connectivity index is 1.18. The van der Waals surface area contributed by atoms with Crippen LogP contribution in [-0.2, 0) is 24.4 Å². The lowest BCUT2D eigenvalue weighted by Crippen LogP contribution is -2.43. The molecule has 1 fully saturated rings. The number of aromatic nitrogens is 1. The van der Waals surface area contributed by atoms with E-state index in [0.717, 1.165) is 43.2 Å². The van der Waals surface area contributed by atoms with Crippen molar-refractivity contribution in [3.63, 3.8) is 0 Å². The minimum absolute atomic E-state index is 0.0781. The van der Waals surface area contributed by atoms with Gasteiger partial charge in [-0.3, -0.25) is 9.59 Å². The molecule has 0 saturated heterocycles. The third kappa shape index (κ3) is 5.39. The fraction of sp³-hybridized carbons (Fsp3) is 0.344. The number of amides is 2. The molecule has 1 aliphatic carbocycles. The maximum atomic E-state index is 13.6. The summed E-state index contributed by atoms with van der Waals surface area (Å²) in [7, 11) is 1.69. The molecular weight excluding hydrogens is 506 g/mol. The molecule has 40 heavy (non-hydrogen) atoms. The standard InChI is InChI=1S/C32H33N3O5/c1-34(19-26-12-7-17-38-26)32(37)28-20-40-29(33-28)21-39-25-14-13-22-15-16-35(31(36)24-10-5-6-11-24)30(27(22)18-25)23-8-3-2-4-9-23/h2-4,7-9,12-14,17-18,20,24,30H,5-6,10-11,15-16,19,21H2,1H3. The van der Waals surface area contributed by atoms with Crippen molar-refractivity contribution in [2.75, 3.05) is 13.6 Å². The first-order valence-electron chi connectivity index (χ1n) is 13.9. The average Bonchev–Trinajstić information content (AvgIpc) is 3.79. The van der Waals surface area contributed by atoms with E-state index in [1.54, 1.807) is 19.4 Å². The summed E-state index contributed by atoms with van der Waals surface area (Å²) in [5, 5.41) is 0. The maximum Gasteiger partial charge on any atom is 0.275 e. The van der Waals surface area contributed by atoms with Gasteiger partial charge < -0.3 is 23.4 Å². The summed E-state index contributed by atoms with van der Waals surface area (Å²) < 4.78 is 16.9. The second-order valence-electron chi connectivity index (χ2n) is 10.6. The molecule has 1 aliphatic heterocycles. The highest BCUT2D eigenvalue weighted by Gasteiger charge is 2.36. The molecule has 0 bridgehead atoms. The Morgan fingerprint density at radius 3 is 2.65 bits per heavy atom. The van der Waals surface area contributed by atoms with Gasteiger partial charge in [0.05, 0.1) is 18.8 Å². The number of carbonyl (C=O) groups is 2. The van der Waals surface area contributed by atoms with Gasteiger partial charge in [-0.2, -0.15) is 0 Å². The first-order valence-corrected chi connectivity index (χ1v) is 13.9. The summed E-state index contributed by atoms with van der Waals surface area (Å²) in [5.41, 5.74) is 3.62. The molecule has 3 heterocycles. The first kappa shape index (κ1) is 25.9. The van der Waals surface area contributed by atoms with Crippen LogP contribution in [0.2, 0.25) is 0 Å². The predicted molar refractivity (Wildman–Crippen MR) is 147 cm³/mol. The monoisotopic (exact) mass is 539 g/mol. The number of furan rings is 1. The Kier molecular flexibility index (Phi) is 7.40. The van der Waals surface area contributed by atoms with E-state index in [4.69, 9.17) is 13.6 Å². The zero-order valence-electron chi connectivity index (χ0n) is 22.6. The van der Waals surface area contributed by atoms with Gasteiger partial charge in [0.2, 0.25) is 11.8 Å². The highest BCUT2D eigenvalue weighted by atomic mass is 16.5. The van der Waals surface area contributed by atoms with Gasteiger partial charge in [0, 0.05) is 19.5 Å². The number of hydrogen-bond acceptors (Lipinski definition) is 6. The van der Waals surface area contributed by atoms with Crippen LogP contribution in [0.15, 0.2) is 82.0 Å². The molecule has 2 aromatic heterocycles. The van der Waals surface area contributed by atoms with E-state index < -0.39 is 0 Å². The number of rotatable bonds is 8. The van der Waals surface area contributed by atoms with Crippen LogP contribution < -0.4 is 4.74 Å². The molecule has 2 aromatic carbocycles. The van der Waals surface area contributed by atoms with Crippen molar-refractivity contribution in [1.82, 2.24) is 14.8 Å². The number of oxazole rings is 1. The van der Waals surface area contributed by atoms with E-state index in [2.05, 4.69) is 28.1 Å². The van der Waals surface area contributed by atoms with Crippen LogP contribution >= 0.6 is 0 Å². The predicted octanol–water partition coefficient (Wildman–Crippen LogP) is 5.78. The molecule has 1 unspecified atom stereocenters. The fourth-order valence-electron chi connectivity index (χ4n) is 5.85. The lowest BCUT2D eigenvalue weighted by atomic mass is 9.87. The van der Waals surface area contributed by atoms with E-state index >= 15 is 0 Å². The molecular formula is C32H33N3O5. The molecule has 8 heteroatoms. The van der Waals surface area contributed by atoms with Gasteiger partial charge >= 0.3 is 0 Å². The van der Waals surface area contributed by atoms with Crippen molar-refractivity contribution in [1.29, 1.82) is 0 Å². The number of fused-ring (bicyclic) bond motifs is 1. The van der Waals surface area contributed by atoms with Crippen LogP contribution in [0.5, 0.6) is 5.75 Å². The minimum atomic E-state index is -0.266. The molecule has 4 aromatic rings. The molecule has 1 atom stereocenters. The lowest BCUT2D eigenvalue weighted by molar-refractivity contribution is -0.137. The smallest absolute Gasteiger partial charge is 0.275 e. The fourth-order valence-corrected chi connectivity index (χ4v) is 5.85. The molecule has 1 saturated carbocycles. The van der Waals surface area contributed by atoms with Crippen LogP contribution in [0, 0.1) is 5.92 Å². The molecule has 0 spiro atoms. The number of nitrogens with zero attached hydrogens (tertiary/aromatic N) is 3. The van der Waals surface area contributed by atoms with E-state index in [1.807, 2.05) is 36.4 Å². The summed E-state index contributed by atoms with van der Waals surface area (Å²) in [5.74, 6) is 1.77. The van der Waals surface area contributed by atoms with Crippen LogP contribution in [0.4, 0.5) is 0 Å². The van der Waals surface area contributed by atoms with Crippen LogP contribution in [0.25, 0.3) is 0 Å². The first-order chi connectivity index (χ1) is 19.6. The molecule has 2 amide bonds. The van der Waals surface area contributed by atoms with E-state index in [-0.39, 0.29) is 36.1 Å². The molecule has 2 aliphatic rings. The van der Waals surface area contributed by atoms with Gasteiger partial charge in [-0.25, -0.2) is 4.98 Å². The summed E-state index contributed by atoms with van der Waals surface area (Å²) in [6.45, 7) is 1.13. The van der Waals surface area contributed by atoms with Crippen LogP contribution in [0.3, 0.4) is 0 Å².